The van der Waals surface area contributed by atoms with Gasteiger partial charge >= 0.3 is 11.9 Å². The number of methoxy groups -OCH3 is 2. The van der Waals surface area contributed by atoms with Crippen molar-refractivity contribution in [3.05, 3.63) is 59.2 Å². The Morgan fingerprint density at radius 2 is 1.72 bits per heavy atom. The Morgan fingerprint density at radius 3 is 2.31 bits per heavy atom. The Bertz CT molecular complexity index is 1070. The molecule has 3 rings (SSSR count). The molecular weight excluding hydrogens is 464 g/mol. The lowest BCUT2D eigenvalue weighted by atomic mass is 9.92. The first kappa shape index (κ1) is 27.0. The molecular formula is C27H34N2O7. The molecule has 2 N–H and O–H groups in total. The second kappa shape index (κ2) is 12.4. The minimum Gasteiger partial charge on any atom is -0.493 e. The van der Waals surface area contributed by atoms with E-state index >= 15 is 0 Å². The number of benzene rings is 2. The summed E-state index contributed by atoms with van der Waals surface area (Å²) in [7, 11) is 3.04. The number of aryl methyl sites for hydroxylation is 1. The summed E-state index contributed by atoms with van der Waals surface area (Å²) < 4.78 is 15.9. The molecule has 0 aromatic heterocycles. The van der Waals surface area contributed by atoms with E-state index in [0.717, 1.165) is 16.7 Å². The number of fused-ring (bicyclic) bond motifs is 1. The van der Waals surface area contributed by atoms with Crippen LogP contribution < -0.4 is 14.8 Å². The third-order valence-electron chi connectivity index (χ3n) is 6.36. The van der Waals surface area contributed by atoms with Crippen molar-refractivity contribution in [2.24, 2.45) is 0 Å². The minimum absolute atomic E-state index is 0.103. The van der Waals surface area contributed by atoms with Crippen molar-refractivity contribution < 1.29 is 33.7 Å². The average molecular weight is 499 g/mol. The van der Waals surface area contributed by atoms with E-state index in [2.05, 4.69) is 5.32 Å². The van der Waals surface area contributed by atoms with Crippen LogP contribution in [-0.4, -0.2) is 66.8 Å². The predicted molar refractivity (Wildman–Crippen MR) is 133 cm³/mol. The molecule has 3 atom stereocenters. The van der Waals surface area contributed by atoms with Gasteiger partial charge in [0.1, 0.15) is 12.1 Å². The summed E-state index contributed by atoms with van der Waals surface area (Å²) in [5, 5.41) is 13.0. The standard InChI is InChI=1S/C27H34N2O7/c1-5-36-27(33)21(12-11-18-9-7-6-8-10-18)28-17(2)25(30)29-16-20-15-24(35-4)23(34-3)14-19(20)13-22(29)26(31)32/h6-10,14-15,17,21-22,28H,5,11-13,16H2,1-4H3,(H,31,32)/t17-,21?,22-/m0/s1. The number of nitrogens with one attached hydrogen (secondary N) is 1. The van der Waals surface area contributed by atoms with Crippen LogP contribution in [0.5, 0.6) is 11.5 Å². The molecule has 36 heavy (non-hydrogen) atoms. The molecule has 0 radical (unpaired) electrons. The van der Waals surface area contributed by atoms with Crippen LogP contribution in [0.2, 0.25) is 0 Å². The molecule has 1 aliphatic rings. The monoisotopic (exact) mass is 498 g/mol. The molecule has 1 amide bonds. The number of hydrogen-bond acceptors (Lipinski definition) is 7. The lowest BCUT2D eigenvalue weighted by Crippen LogP contribution is -2.56. The van der Waals surface area contributed by atoms with Crippen molar-refractivity contribution in [1.82, 2.24) is 10.2 Å². The summed E-state index contributed by atoms with van der Waals surface area (Å²) >= 11 is 0. The number of carbonyl (C=O) groups excluding carboxylic acids is 2. The van der Waals surface area contributed by atoms with Crippen molar-refractivity contribution in [2.75, 3.05) is 20.8 Å². The minimum atomic E-state index is -1.10. The highest BCUT2D eigenvalue weighted by Crippen LogP contribution is 2.35. The highest BCUT2D eigenvalue weighted by Gasteiger charge is 2.38. The van der Waals surface area contributed by atoms with Crippen LogP contribution in [0.3, 0.4) is 0 Å². The van der Waals surface area contributed by atoms with Crippen LogP contribution in [0.1, 0.15) is 37.0 Å². The van der Waals surface area contributed by atoms with Gasteiger partial charge in [0.25, 0.3) is 0 Å². The topological polar surface area (TPSA) is 114 Å². The van der Waals surface area contributed by atoms with E-state index in [1.165, 1.54) is 19.1 Å². The first-order chi connectivity index (χ1) is 17.3. The van der Waals surface area contributed by atoms with Gasteiger partial charge in [0.05, 0.1) is 26.9 Å². The third kappa shape index (κ3) is 6.34. The molecule has 0 aliphatic carbocycles. The number of carboxylic acids is 1. The zero-order valence-electron chi connectivity index (χ0n) is 21.2. The maximum Gasteiger partial charge on any atom is 0.326 e. The molecule has 0 saturated heterocycles. The van der Waals surface area contributed by atoms with E-state index in [-0.39, 0.29) is 19.6 Å². The molecule has 0 bridgehead atoms. The SMILES string of the molecule is CCOC(=O)C(CCc1ccccc1)N[C@@H](C)C(=O)N1Cc2cc(OC)c(OC)cc2C[C@H]1C(=O)O. The zero-order valence-corrected chi connectivity index (χ0v) is 21.2. The normalized spacial score (nSPS) is 16.4. The van der Waals surface area contributed by atoms with Gasteiger partial charge in [-0.25, -0.2) is 4.79 Å². The Labute approximate surface area is 211 Å². The molecule has 1 aliphatic heterocycles. The maximum absolute atomic E-state index is 13.5. The van der Waals surface area contributed by atoms with E-state index in [1.54, 1.807) is 26.0 Å². The molecule has 9 heteroatoms. The number of ether oxygens (including phenoxy) is 3. The van der Waals surface area contributed by atoms with E-state index in [9.17, 15) is 19.5 Å². The second-order valence-electron chi connectivity index (χ2n) is 8.72. The number of nitrogens with zero attached hydrogens (tertiary/aromatic N) is 1. The number of esters is 1. The highest BCUT2D eigenvalue weighted by atomic mass is 16.5. The highest BCUT2D eigenvalue weighted by molar-refractivity contribution is 5.88. The van der Waals surface area contributed by atoms with Crippen LogP contribution >= 0.6 is 0 Å². The Hall–Kier alpha value is -3.59. The lowest BCUT2D eigenvalue weighted by Gasteiger charge is -2.37. The number of aliphatic carboxylic acids is 1. The van der Waals surface area contributed by atoms with Gasteiger partial charge in [-0.1, -0.05) is 30.3 Å². The fraction of sp³-hybridized carbons (Fsp3) is 0.444. The summed E-state index contributed by atoms with van der Waals surface area (Å²) in [5.74, 6) is -0.930. The summed E-state index contributed by atoms with van der Waals surface area (Å²) in [5.41, 5.74) is 2.64. The summed E-state index contributed by atoms with van der Waals surface area (Å²) in [4.78, 5) is 39.6. The van der Waals surface area contributed by atoms with Crippen molar-refractivity contribution in [3.8, 4) is 11.5 Å². The van der Waals surface area contributed by atoms with Crippen molar-refractivity contribution in [2.45, 2.75) is 57.8 Å². The van der Waals surface area contributed by atoms with E-state index in [1.807, 2.05) is 30.3 Å². The van der Waals surface area contributed by atoms with Crippen LogP contribution in [-0.2, 0) is 38.5 Å². The molecule has 1 heterocycles. The second-order valence-corrected chi connectivity index (χ2v) is 8.72. The Balaban J connectivity index is 1.79. The average Bonchev–Trinajstić information content (AvgIpc) is 2.89. The number of rotatable bonds is 11. The fourth-order valence-corrected chi connectivity index (χ4v) is 4.45. The van der Waals surface area contributed by atoms with Gasteiger partial charge in [-0.2, -0.15) is 0 Å². The molecule has 0 spiro atoms. The zero-order chi connectivity index (χ0) is 26.2. The third-order valence-corrected chi connectivity index (χ3v) is 6.36. The van der Waals surface area contributed by atoms with Gasteiger partial charge in [0.15, 0.2) is 11.5 Å². The number of carbonyl (C=O) groups is 3. The van der Waals surface area contributed by atoms with E-state index in [0.29, 0.717) is 24.3 Å². The number of amides is 1. The first-order valence-electron chi connectivity index (χ1n) is 12.0. The molecule has 2 aromatic carbocycles. The van der Waals surface area contributed by atoms with Gasteiger partial charge in [-0.3, -0.25) is 14.9 Å². The van der Waals surface area contributed by atoms with Gasteiger partial charge in [0, 0.05) is 13.0 Å². The molecule has 0 saturated carbocycles. The van der Waals surface area contributed by atoms with E-state index < -0.39 is 36.0 Å². The first-order valence-corrected chi connectivity index (χ1v) is 12.0. The Morgan fingerprint density at radius 1 is 1.08 bits per heavy atom. The molecule has 9 nitrogen and oxygen atoms in total. The lowest BCUT2D eigenvalue weighted by molar-refractivity contribution is -0.153. The van der Waals surface area contributed by atoms with Crippen LogP contribution in [0.25, 0.3) is 0 Å². The smallest absolute Gasteiger partial charge is 0.326 e. The van der Waals surface area contributed by atoms with Gasteiger partial charge in [-0.05, 0) is 55.5 Å². The fourth-order valence-electron chi connectivity index (χ4n) is 4.45. The van der Waals surface area contributed by atoms with Crippen molar-refractivity contribution >= 4 is 17.8 Å². The van der Waals surface area contributed by atoms with Crippen molar-refractivity contribution in [3.63, 3.8) is 0 Å². The Kier molecular flexibility index (Phi) is 9.30. The summed E-state index contributed by atoms with van der Waals surface area (Å²) in [6, 6.07) is 10.7. The van der Waals surface area contributed by atoms with Crippen molar-refractivity contribution in [1.29, 1.82) is 0 Å². The summed E-state index contributed by atoms with van der Waals surface area (Å²) in [6.07, 6.45) is 1.19. The van der Waals surface area contributed by atoms with Gasteiger partial charge in [-0.15, -0.1) is 0 Å². The summed E-state index contributed by atoms with van der Waals surface area (Å²) in [6.45, 7) is 3.69. The quantitative estimate of drug-likeness (QED) is 0.455. The van der Waals surface area contributed by atoms with Crippen LogP contribution in [0.15, 0.2) is 42.5 Å². The molecule has 0 fully saturated rings. The van der Waals surface area contributed by atoms with Crippen LogP contribution in [0, 0.1) is 0 Å². The van der Waals surface area contributed by atoms with Gasteiger partial charge in [0.2, 0.25) is 5.91 Å². The molecule has 194 valence electrons. The van der Waals surface area contributed by atoms with E-state index in [4.69, 9.17) is 14.2 Å². The number of hydrogen-bond donors (Lipinski definition) is 2. The largest absolute Gasteiger partial charge is 0.493 e. The van der Waals surface area contributed by atoms with Gasteiger partial charge < -0.3 is 24.2 Å². The van der Waals surface area contributed by atoms with Crippen LogP contribution in [0.4, 0.5) is 0 Å². The number of carboxylic acid groups (broad SMARTS) is 1. The molecule has 2 aromatic rings. The maximum atomic E-state index is 13.5. The molecule has 1 unspecified atom stereocenters. The predicted octanol–water partition coefficient (Wildman–Crippen LogP) is 2.58.